The van der Waals surface area contributed by atoms with Gasteiger partial charge in [0, 0.05) is 5.39 Å². The predicted octanol–water partition coefficient (Wildman–Crippen LogP) is 39.4. The number of fused-ring (bicyclic) bond motifs is 8. The number of benzene rings is 16. The van der Waals surface area contributed by atoms with Crippen molar-refractivity contribution in [2.24, 2.45) is 0 Å². The highest BCUT2D eigenvalue weighted by molar-refractivity contribution is 5.93. The van der Waals surface area contributed by atoms with Crippen molar-refractivity contribution in [3.63, 3.8) is 0 Å². The molecule has 0 aliphatic rings. The number of aryl methyl sites for hydroxylation is 7. The lowest BCUT2D eigenvalue weighted by molar-refractivity contribution is -0.0987. The van der Waals surface area contributed by atoms with Crippen LogP contribution >= 0.6 is 0 Å². The molecule has 0 aromatic heterocycles. The number of aliphatic hydroxyl groups is 3. The smallest absolute Gasteiger partial charge is 0.126 e. The van der Waals surface area contributed by atoms with E-state index in [0.717, 1.165) is 72.2 Å². The maximum Gasteiger partial charge on any atom is 0.126 e. The van der Waals surface area contributed by atoms with Crippen LogP contribution in [0, 0.1) is 48.5 Å². The van der Waals surface area contributed by atoms with E-state index in [1.54, 1.807) is 28.4 Å². The summed E-state index contributed by atoms with van der Waals surface area (Å²) >= 11 is 0. The zero-order valence-corrected chi connectivity index (χ0v) is 94.2. The normalized spacial score (nSPS) is 8.42. The third-order valence-corrected chi connectivity index (χ3v) is 18.0. The van der Waals surface area contributed by atoms with E-state index in [-0.39, 0.29) is 19.8 Å². The summed E-state index contributed by atoms with van der Waals surface area (Å²) in [5, 5.41) is 47.2. The zero-order chi connectivity index (χ0) is 108. The summed E-state index contributed by atoms with van der Waals surface area (Å²) in [6.45, 7) is 83.0. The van der Waals surface area contributed by atoms with Gasteiger partial charge in [-0.2, -0.15) is 0 Å². The third kappa shape index (κ3) is 53.9. The van der Waals surface area contributed by atoms with Gasteiger partial charge in [0.2, 0.25) is 0 Å². The Kier molecular flexibility index (Phi) is 109. The summed E-state index contributed by atoms with van der Waals surface area (Å²) in [4.78, 5) is 16.0. The molecular weight excluding hydrogens is 1680 g/mol. The van der Waals surface area contributed by atoms with Crippen molar-refractivity contribution in [1.82, 2.24) is 0 Å². The van der Waals surface area contributed by atoms with Gasteiger partial charge in [0.1, 0.15) is 36.6 Å². The Morgan fingerprint density at radius 2 is 0.467 bits per heavy atom. The van der Waals surface area contributed by atoms with Crippen LogP contribution in [0.25, 0.3) is 86.2 Å². The van der Waals surface area contributed by atoms with Gasteiger partial charge in [-0.25, -0.2) is 0 Å². The van der Waals surface area contributed by atoms with Crippen molar-refractivity contribution >= 4 is 99.8 Å². The lowest BCUT2D eigenvalue weighted by atomic mass is 10.0. The first-order valence-electron chi connectivity index (χ1n) is 50.6. The number of carbonyl (C=O) groups is 2. The van der Waals surface area contributed by atoms with E-state index in [1.807, 2.05) is 345 Å². The van der Waals surface area contributed by atoms with Gasteiger partial charge in [-0.15, -0.1) is 0 Å². The summed E-state index contributed by atoms with van der Waals surface area (Å²) in [7, 11) is 6.71. The first kappa shape index (κ1) is 145. The van der Waals surface area contributed by atoms with E-state index in [1.165, 1.54) is 92.6 Å². The molecule has 137 heavy (non-hydrogen) atoms. The van der Waals surface area contributed by atoms with Gasteiger partial charge in [0.05, 0.1) is 48.3 Å². The summed E-state index contributed by atoms with van der Waals surface area (Å²) in [5.41, 5.74) is 11.7. The minimum atomic E-state index is 0.0600. The molecule has 9 nitrogen and oxygen atoms in total. The topological polar surface area (TPSA) is 132 Å². The Bertz CT molecular complexity index is 4990. The minimum Gasteiger partial charge on any atom is -0.497 e. The molecule has 16 rings (SSSR count). The minimum absolute atomic E-state index is 0.0600. The first-order valence-corrected chi connectivity index (χ1v) is 50.6. The Labute approximate surface area is 838 Å². The van der Waals surface area contributed by atoms with Crippen LogP contribution in [0.4, 0.5) is 0 Å². The molecule has 758 valence electrons. The highest BCUT2D eigenvalue weighted by Gasteiger charge is 2.09. The lowest BCUT2D eigenvalue weighted by Gasteiger charge is -2.11. The van der Waals surface area contributed by atoms with Gasteiger partial charge < -0.3 is 43.9 Å². The molecular formula is C128H192O9. The summed E-state index contributed by atoms with van der Waals surface area (Å²) in [6.07, 6.45) is 0. The highest BCUT2D eigenvalue weighted by Crippen LogP contribution is 2.33. The van der Waals surface area contributed by atoms with Crippen molar-refractivity contribution in [3.8, 4) is 23.0 Å². The SMILES string of the molecule is C=O.C=O.CC.CC.CC.CC.CC.CC.CC.CC.CC.CC.CC.CC.CC.CC.CC.CC.COc1c(C)cc2ccccc2c1C.COc1ccc(CO)c2ccccc12.COc1ccc2cc(CO)ccc2c1.COc1ccc2ccc(CO)cc2c1C.Cc1cccc2ccccc12.Cc1cccc2ccccc12.Cc1cccc2ccccc12.Cc1cccc2ccccc12. The molecule has 0 aliphatic carbocycles. The zero-order valence-electron chi connectivity index (χ0n) is 94.2. The van der Waals surface area contributed by atoms with Crippen LogP contribution in [0.3, 0.4) is 0 Å². The predicted molar refractivity (Wildman–Crippen MR) is 625 cm³/mol. The fourth-order valence-electron chi connectivity index (χ4n) is 12.5. The van der Waals surface area contributed by atoms with Gasteiger partial charge in [0.25, 0.3) is 0 Å². The Hall–Kier alpha value is -12.0. The van der Waals surface area contributed by atoms with Crippen molar-refractivity contribution in [2.75, 3.05) is 28.4 Å². The number of methoxy groups -OCH3 is 4. The summed E-state index contributed by atoms with van der Waals surface area (Å²) in [6, 6.07) is 103. The molecule has 0 radical (unpaired) electrons. The standard InChI is InChI=1S/C13H14O2.C13H14O.2C12H12O2.4C11H10.16C2H6.2CH2O/c1-9-12-7-10(8-14)3-4-11(12)5-6-13(9)15-2;1-9-8-11-6-4-5-7-12(11)10(2)13(9)14-3;1-14-12-5-4-10-6-9(8-13)2-3-11(10)7-12;1-14-12-7-6-9(8-13)10-4-2-3-5-11(10)12;4*1-9-5-4-7-10-6-2-3-8-11(9)10;18*1-2/h3-7,14H,8H2,1-2H3;4-8H,1-3H3;2*2-7,13H,8H2,1H3;4*2-8H,1H3;16*1-2H3;2*1H2. The van der Waals surface area contributed by atoms with Crippen LogP contribution in [0.2, 0.25) is 0 Å². The van der Waals surface area contributed by atoms with Gasteiger partial charge in [0.15, 0.2) is 0 Å². The molecule has 3 N–H and O–H groups in total. The van der Waals surface area contributed by atoms with Gasteiger partial charge in [-0.1, -0.05) is 482 Å². The third-order valence-electron chi connectivity index (χ3n) is 18.0. The monoisotopic (exact) mass is 1870 g/mol. The average molecular weight is 1870 g/mol. The maximum absolute atomic E-state index is 9.16. The average Bonchev–Trinajstić information content (AvgIpc) is 0.764. The molecule has 0 aliphatic heterocycles. The Morgan fingerprint density at radius 1 is 0.197 bits per heavy atom. The van der Waals surface area contributed by atoms with E-state index in [4.69, 9.17) is 43.9 Å². The van der Waals surface area contributed by atoms with Gasteiger partial charge in [-0.3, -0.25) is 0 Å². The largest absolute Gasteiger partial charge is 0.497 e. The van der Waals surface area contributed by atoms with Crippen LogP contribution in [0.15, 0.2) is 303 Å². The fourth-order valence-corrected chi connectivity index (χ4v) is 12.5. The molecule has 0 saturated heterocycles. The first-order chi connectivity index (χ1) is 67.2. The maximum atomic E-state index is 9.16. The molecule has 0 unspecified atom stereocenters. The molecule has 0 bridgehead atoms. The number of ether oxygens (including phenoxy) is 4. The van der Waals surface area contributed by atoms with Crippen molar-refractivity contribution in [2.45, 2.75) is 290 Å². The quantitative estimate of drug-likeness (QED) is 0.143. The van der Waals surface area contributed by atoms with Crippen LogP contribution in [0.5, 0.6) is 23.0 Å². The molecule has 0 heterocycles. The molecule has 0 spiro atoms. The van der Waals surface area contributed by atoms with Gasteiger partial charge >= 0.3 is 0 Å². The molecule has 9 heteroatoms. The molecule has 16 aromatic carbocycles. The van der Waals surface area contributed by atoms with E-state index in [2.05, 4.69) is 242 Å². The van der Waals surface area contributed by atoms with Crippen molar-refractivity contribution < 1.29 is 43.9 Å². The van der Waals surface area contributed by atoms with Gasteiger partial charge in [-0.05, 0) is 227 Å². The van der Waals surface area contributed by atoms with Crippen LogP contribution < -0.4 is 18.9 Å². The number of aliphatic hydroxyl groups excluding tert-OH is 3. The molecule has 0 atom stereocenters. The van der Waals surface area contributed by atoms with E-state index < -0.39 is 0 Å². The highest BCUT2D eigenvalue weighted by atomic mass is 16.5. The summed E-state index contributed by atoms with van der Waals surface area (Å²) in [5.74, 6) is 3.59. The lowest BCUT2D eigenvalue weighted by Crippen LogP contribution is -1.91. The molecule has 0 amide bonds. The molecule has 16 aromatic rings. The molecule has 0 saturated carbocycles. The second-order valence-corrected chi connectivity index (χ2v) is 24.7. The van der Waals surface area contributed by atoms with Crippen molar-refractivity contribution in [1.29, 1.82) is 0 Å². The second kappa shape index (κ2) is 103. The van der Waals surface area contributed by atoms with E-state index >= 15 is 0 Å². The fraction of sp³-hybridized carbons (Fsp3) is 0.359. The van der Waals surface area contributed by atoms with E-state index in [9.17, 15) is 0 Å². The number of hydrogen-bond donors (Lipinski definition) is 3. The number of hydrogen-bond acceptors (Lipinski definition) is 9. The van der Waals surface area contributed by atoms with Crippen molar-refractivity contribution in [3.05, 3.63) is 359 Å². The second-order valence-electron chi connectivity index (χ2n) is 24.7. The number of carbonyl (C=O) groups excluding carboxylic acids is 2. The Morgan fingerprint density at radius 3 is 0.788 bits per heavy atom. The van der Waals surface area contributed by atoms with Crippen LogP contribution in [-0.2, 0) is 29.4 Å². The van der Waals surface area contributed by atoms with E-state index in [0.29, 0.717) is 0 Å². The van der Waals surface area contributed by atoms with Crippen LogP contribution in [0.1, 0.15) is 277 Å². The number of rotatable bonds is 7. The molecule has 0 fully saturated rings. The van der Waals surface area contributed by atoms with Crippen LogP contribution in [-0.4, -0.2) is 57.3 Å². The summed E-state index contributed by atoms with van der Waals surface area (Å²) < 4.78 is 21.0. The Balaban J connectivity index is -0.000000161.